The molecular formula is C28H43F5N4O3. The first-order valence-electron chi connectivity index (χ1n) is 14.4. The van der Waals surface area contributed by atoms with Crippen LogP contribution in [0.15, 0.2) is 12.4 Å². The van der Waals surface area contributed by atoms with E-state index in [1.54, 1.807) is 42.8 Å². The Morgan fingerprint density at radius 2 is 1.65 bits per heavy atom. The van der Waals surface area contributed by atoms with E-state index in [4.69, 9.17) is 14.9 Å². The number of nitrogens with one attached hydrogen (secondary N) is 2. The van der Waals surface area contributed by atoms with Crippen molar-refractivity contribution >= 4 is 5.91 Å². The van der Waals surface area contributed by atoms with Gasteiger partial charge in [-0.3, -0.25) is 10.2 Å². The number of aryl methyl sites for hydroxylation is 1. The Labute approximate surface area is 232 Å². The van der Waals surface area contributed by atoms with E-state index in [1.807, 2.05) is 0 Å². The number of rotatable bonds is 8. The van der Waals surface area contributed by atoms with Crippen LogP contribution in [0, 0.1) is 40.9 Å². The second-order valence-electron chi connectivity index (χ2n) is 12.2. The van der Waals surface area contributed by atoms with Crippen molar-refractivity contribution in [3.8, 4) is 0 Å². The average molecular weight is 579 g/mol. The van der Waals surface area contributed by atoms with Gasteiger partial charge in [-0.05, 0) is 75.0 Å². The lowest BCUT2D eigenvalue weighted by Crippen LogP contribution is -2.51. The summed E-state index contributed by atoms with van der Waals surface area (Å²) in [5.41, 5.74) is 0.212. The average Bonchev–Trinajstić information content (AvgIpc) is 3.24. The zero-order chi connectivity index (χ0) is 29.2. The largest absolute Gasteiger partial charge is 0.392 e. The molecular weight excluding hydrogens is 535 g/mol. The van der Waals surface area contributed by atoms with Gasteiger partial charge in [-0.2, -0.15) is 13.2 Å². The summed E-state index contributed by atoms with van der Waals surface area (Å²) in [5.74, 6) is -5.87. The topological polar surface area (TPSA) is 81.3 Å². The Kier molecular flexibility index (Phi) is 10.0. The van der Waals surface area contributed by atoms with Crippen LogP contribution < -0.4 is 10.9 Å². The highest BCUT2D eigenvalue weighted by molar-refractivity contribution is 5.79. The maximum atomic E-state index is 16.2. The van der Waals surface area contributed by atoms with Crippen LogP contribution in [0.25, 0.3) is 0 Å². The summed E-state index contributed by atoms with van der Waals surface area (Å²) < 4.78 is 86.7. The van der Waals surface area contributed by atoms with E-state index < -0.39 is 54.5 Å². The Balaban J connectivity index is 1.53. The van der Waals surface area contributed by atoms with Crippen molar-refractivity contribution in [2.75, 3.05) is 20.8 Å². The zero-order valence-corrected chi connectivity index (χ0v) is 23.5. The van der Waals surface area contributed by atoms with E-state index in [0.717, 1.165) is 19.3 Å². The number of nitrogens with zero attached hydrogens (tertiary/aromatic N) is 2. The van der Waals surface area contributed by atoms with E-state index in [-0.39, 0.29) is 55.3 Å². The molecule has 1 aromatic rings. The maximum Gasteiger partial charge on any atom is 0.392 e. The van der Waals surface area contributed by atoms with Crippen LogP contribution in [0.4, 0.5) is 22.0 Å². The van der Waals surface area contributed by atoms with Crippen molar-refractivity contribution in [3.05, 3.63) is 18.0 Å². The van der Waals surface area contributed by atoms with Crippen molar-refractivity contribution in [1.82, 2.24) is 14.5 Å². The Morgan fingerprint density at radius 1 is 0.975 bits per heavy atom. The highest BCUT2D eigenvalue weighted by Crippen LogP contribution is 2.51. The third-order valence-electron chi connectivity index (χ3n) is 9.61. The number of hydrogen-bond donors (Lipinski definition) is 2. The summed E-state index contributed by atoms with van der Waals surface area (Å²) in [7, 11) is 4.98. The van der Waals surface area contributed by atoms with Gasteiger partial charge in [0.15, 0.2) is 0 Å². The Morgan fingerprint density at radius 3 is 2.23 bits per heavy atom. The quantitative estimate of drug-likeness (QED) is 0.445. The van der Waals surface area contributed by atoms with Crippen molar-refractivity contribution in [3.63, 3.8) is 0 Å². The molecule has 0 saturated heterocycles. The first-order valence-corrected chi connectivity index (χ1v) is 14.4. The molecule has 3 fully saturated rings. The number of alkyl halides is 5. The first-order chi connectivity index (χ1) is 18.9. The molecule has 228 valence electrons. The third-order valence-corrected chi connectivity index (χ3v) is 9.61. The molecule has 1 amide bonds. The Bertz CT molecular complexity index is 1030. The SMILES string of the molecule is COC1CC(CNC(=O)C2CC(Cn3ccn(C)c3=N)CC(C3CCC(F)CC3C(F)(F)F)C2F)CC(OC)C1. The summed E-state index contributed by atoms with van der Waals surface area (Å²) in [6, 6.07) is 0. The van der Waals surface area contributed by atoms with E-state index in [0.29, 0.717) is 13.1 Å². The van der Waals surface area contributed by atoms with Gasteiger partial charge in [0.05, 0.1) is 24.0 Å². The lowest BCUT2D eigenvalue weighted by atomic mass is 9.62. The number of aromatic nitrogens is 2. The summed E-state index contributed by atoms with van der Waals surface area (Å²) >= 11 is 0. The van der Waals surface area contributed by atoms with Gasteiger partial charge < -0.3 is 23.9 Å². The van der Waals surface area contributed by atoms with Gasteiger partial charge in [0.2, 0.25) is 11.5 Å². The predicted octanol–water partition coefficient (Wildman–Crippen LogP) is 4.55. The molecule has 7 nitrogen and oxygen atoms in total. The van der Waals surface area contributed by atoms with Crippen LogP contribution in [-0.2, 0) is 27.9 Å². The van der Waals surface area contributed by atoms with Crippen LogP contribution in [0.5, 0.6) is 0 Å². The van der Waals surface area contributed by atoms with Crippen molar-refractivity contribution in [2.24, 2.45) is 42.6 Å². The molecule has 4 rings (SSSR count). The van der Waals surface area contributed by atoms with E-state index >= 15 is 4.39 Å². The van der Waals surface area contributed by atoms with Crippen LogP contribution >= 0.6 is 0 Å². The van der Waals surface area contributed by atoms with E-state index in [2.05, 4.69) is 5.32 Å². The van der Waals surface area contributed by atoms with Gasteiger partial charge in [0.25, 0.3) is 0 Å². The molecule has 3 aliphatic carbocycles. The monoisotopic (exact) mass is 578 g/mol. The normalized spacial score (nSPS) is 37.3. The van der Waals surface area contributed by atoms with Crippen molar-refractivity contribution in [2.45, 2.75) is 88.6 Å². The third kappa shape index (κ3) is 7.09. The molecule has 2 N–H and O–H groups in total. The zero-order valence-electron chi connectivity index (χ0n) is 23.5. The molecule has 3 saturated carbocycles. The van der Waals surface area contributed by atoms with Gasteiger partial charge in [-0.1, -0.05) is 0 Å². The number of hydrogen-bond acceptors (Lipinski definition) is 4. The van der Waals surface area contributed by atoms with Crippen LogP contribution in [-0.4, -0.2) is 66.5 Å². The fourth-order valence-electron chi connectivity index (χ4n) is 7.44. The van der Waals surface area contributed by atoms with Gasteiger partial charge in [-0.25, -0.2) is 8.78 Å². The highest BCUT2D eigenvalue weighted by atomic mass is 19.4. The van der Waals surface area contributed by atoms with Crippen LogP contribution in [0.3, 0.4) is 0 Å². The lowest BCUT2D eigenvalue weighted by Gasteiger charge is -2.46. The summed E-state index contributed by atoms with van der Waals surface area (Å²) in [4.78, 5) is 13.4. The molecule has 0 aliphatic heterocycles. The number of amides is 1. The minimum atomic E-state index is -4.64. The lowest BCUT2D eigenvalue weighted by molar-refractivity contribution is -0.213. The second kappa shape index (κ2) is 12.9. The number of ether oxygens (including phenoxy) is 2. The van der Waals surface area contributed by atoms with E-state index in [1.165, 1.54) is 0 Å². The van der Waals surface area contributed by atoms with Gasteiger partial charge >= 0.3 is 6.18 Å². The summed E-state index contributed by atoms with van der Waals surface area (Å²) in [6.45, 7) is 0.606. The fourth-order valence-corrected chi connectivity index (χ4v) is 7.44. The maximum absolute atomic E-state index is 16.2. The van der Waals surface area contributed by atoms with Crippen molar-refractivity contribution in [1.29, 1.82) is 5.41 Å². The molecule has 9 unspecified atom stereocenters. The van der Waals surface area contributed by atoms with Gasteiger partial charge in [0, 0.05) is 46.8 Å². The van der Waals surface area contributed by atoms with Gasteiger partial charge in [-0.15, -0.1) is 0 Å². The number of imidazole rings is 1. The standard InChI is InChI=1S/C28H43F5N4O3/c1-36-6-7-37(27(36)34)15-17-10-22(21-5-4-18(29)12-24(21)28(31,32)33)25(30)23(11-17)26(38)35-14-16-8-19(39-2)13-20(9-16)40-3/h6-7,16-25,34H,4-5,8-15H2,1-3H3,(H,35,38). The number of halogens is 5. The molecule has 0 spiro atoms. The molecule has 0 bridgehead atoms. The molecule has 0 radical (unpaired) electrons. The van der Waals surface area contributed by atoms with E-state index in [9.17, 15) is 22.4 Å². The molecule has 1 aromatic heterocycles. The molecule has 12 heteroatoms. The number of methoxy groups -OCH3 is 2. The number of carbonyl (C=O) groups excluding carboxylic acids is 1. The summed E-state index contributed by atoms with van der Waals surface area (Å²) in [6.07, 6.45) is -2.78. The number of carbonyl (C=O) groups is 1. The smallest absolute Gasteiger partial charge is 0.381 e. The first kappa shape index (κ1) is 31.0. The Hall–Kier alpha value is -1.95. The van der Waals surface area contributed by atoms with Crippen LogP contribution in [0.2, 0.25) is 0 Å². The molecule has 40 heavy (non-hydrogen) atoms. The fraction of sp³-hybridized carbons (Fsp3) is 0.857. The molecule has 1 heterocycles. The second-order valence-corrected chi connectivity index (χ2v) is 12.2. The predicted molar refractivity (Wildman–Crippen MR) is 138 cm³/mol. The highest BCUT2D eigenvalue weighted by Gasteiger charge is 2.54. The molecule has 9 atom stereocenters. The molecule has 3 aliphatic rings. The summed E-state index contributed by atoms with van der Waals surface area (Å²) in [5, 5.41) is 11.1. The molecule has 0 aromatic carbocycles. The van der Waals surface area contributed by atoms with Gasteiger partial charge in [0.1, 0.15) is 12.3 Å². The van der Waals surface area contributed by atoms with Crippen molar-refractivity contribution < 1.29 is 36.2 Å². The van der Waals surface area contributed by atoms with Crippen LogP contribution in [0.1, 0.15) is 51.4 Å². The minimum Gasteiger partial charge on any atom is -0.381 e. The minimum absolute atomic E-state index is 0.00938.